The van der Waals surface area contributed by atoms with Crippen molar-refractivity contribution < 1.29 is 19.4 Å². The van der Waals surface area contributed by atoms with E-state index >= 15 is 0 Å². The summed E-state index contributed by atoms with van der Waals surface area (Å²) in [5, 5.41) is 17.4. The molecule has 0 spiro atoms. The van der Waals surface area contributed by atoms with Crippen LogP contribution in [-0.4, -0.2) is 56.6 Å². The first-order chi connectivity index (χ1) is 12.0. The first-order valence-electron chi connectivity index (χ1n) is 8.13. The van der Waals surface area contributed by atoms with Crippen LogP contribution >= 0.6 is 0 Å². The van der Waals surface area contributed by atoms with Gasteiger partial charge in [0.15, 0.2) is 5.69 Å². The fourth-order valence-electron chi connectivity index (χ4n) is 3.06. The van der Waals surface area contributed by atoms with Gasteiger partial charge < -0.3 is 14.7 Å². The number of carboxylic acids is 1. The van der Waals surface area contributed by atoms with Crippen LogP contribution in [0, 0.1) is 6.92 Å². The molecule has 1 aromatic heterocycles. The highest BCUT2D eigenvalue weighted by molar-refractivity contribution is 5.96. The molecule has 1 aliphatic heterocycles. The van der Waals surface area contributed by atoms with E-state index in [1.165, 1.54) is 4.90 Å². The third-order valence-electron chi connectivity index (χ3n) is 4.46. The van der Waals surface area contributed by atoms with Crippen LogP contribution in [0.2, 0.25) is 0 Å². The number of aliphatic carboxylic acids is 1. The Kier molecular flexibility index (Phi) is 4.69. The molecule has 25 heavy (non-hydrogen) atoms. The fraction of sp³-hybridized carbons (Fsp3) is 0.412. The van der Waals surface area contributed by atoms with Gasteiger partial charge in [-0.1, -0.05) is 5.21 Å². The number of carbonyl (C=O) groups is 2. The molecule has 2 aromatic rings. The number of rotatable bonds is 4. The van der Waals surface area contributed by atoms with Crippen molar-refractivity contribution in [2.24, 2.45) is 0 Å². The number of methoxy groups -OCH3 is 1. The normalized spacial score (nSPS) is 17.4. The summed E-state index contributed by atoms with van der Waals surface area (Å²) in [7, 11) is 1.59. The molecule has 1 unspecified atom stereocenters. The molecular weight excluding hydrogens is 324 g/mol. The Bertz CT molecular complexity index is 784. The van der Waals surface area contributed by atoms with Crippen LogP contribution in [0.4, 0.5) is 0 Å². The van der Waals surface area contributed by atoms with Crippen LogP contribution in [0.1, 0.15) is 35.4 Å². The molecule has 0 aliphatic carbocycles. The van der Waals surface area contributed by atoms with E-state index < -0.39 is 12.0 Å². The minimum atomic E-state index is -0.978. The zero-order chi connectivity index (χ0) is 18.0. The molecule has 1 aromatic carbocycles. The van der Waals surface area contributed by atoms with E-state index in [2.05, 4.69) is 10.3 Å². The predicted molar refractivity (Wildman–Crippen MR) is 89.0 cm³/mol. The van der Waals surface area contributed by atoms with Gasteiger partial charge in [-0.15, -0.1) is 5.10 Å². The fourth-order valence-corrected chi connectivity index (χ4v) is 3.06. The molecule has 3 rings (SSSR count). The van der Waals surface area contributed by atoms with Gasteiger partial charge in [0.25, 0.3) is 5.91 Å². The highest BCUT2D eigenvalue weighted by Gasteiger charge is 2.34. The Balaban J connectivity index is 1.89. The molecule has 0 radical (unpaired) electrons. The molecule has 0 saturated carbocycles. The van der Waals surface area contributed by atoms with Crippen molar-refractivity contribution in [3.63, 3.8) is 0 Å². The number of nitrogens with zero attached hydrogens (tertiary/aromatic N) is 4. The number of amides is 1. The third kappa shape index (κ3) is 3.19. The van der Waals surface area contributed by atoms with Gasteiger partial charge in [0.05, 0.1) is 18.5 Å². The van der Waals surface area contributed by atoms with Gasteiger partial charge in [0.1, 0.15) is 11.8 Å². The van der Waals surface area contributed by atoms with E-state index in [4.69, 9.17) is 4.74 Å². The van der Waals surface area contributed by atoms with Gasteiger partial charge >= 0.3 is 5.97 Å². The average Bonchev–Trinajstić information content (AvgIpc) is 3.02. The minimum Gasteiger partial charge on any atom is -0.497 e. The molecule has 1 saturated heterocycles. The Hall–Kier alpha value is -2.90. The molecule has 8 heteroatoms. The summed E-state index contributed by atoms with van der Waals surface area (Å²) in [6, 6.07) is 6.42. The maximum Gasteiger partial charge on any atom is 0.326 e. The van der Waals surface area contributed by atoms with E-state index in [-0.39, 0.29) is 11.6 Å². The Morgan fingerprint density at radius 2 is 1.96 bits per heavy atom. The molecule has 1 atom stereocenters. The summed E-state index contributed by atoms with van der Waals surface area (Å²) in [5.41, 5.74) is 1.51. The summed E-state index contributed by atoms with van der Waals surface area (Å²) in [6.07, 6.45) is 2.06. The van der Waals surface area contributed by atoms with E-state index in [0.29, 0.717) is 18.7 Å². The number of hydrogen-bond acceptors (Lipinski definition) is 5. The monoisotopic (exact) mass is 344 g/mol. The first kappa shape index (κ1) is 16.9. The van der Waals surface area contributed by atoms with Gasteiger partial charge in [-0.2, -0.15) is 0 Å². The van der Waals surface area contributed by atoms with Crippen molar-refractivity contribution in [2.75, 3.05) is 13.7 Å². The number of carbonyl (C=O) groups excluding carboxylic acids is 1. The summed E-state index contributed by atoms with van der Waals surface area (Å²) < 4.78 is 6.69. The highest BCUT2D eigenvalue weighted by atomic mass is 16.5. The predicted octanol–water partition coefficient (Wildman–Crippen LogP) is 1.66. The van der Waals surface area contributed by atoms with Crippen molar-refractivity contribution >= 4 is 11.9 Å². The van der Waals surface area contributed by atoms with Gasteiger partial charge in [0.2, 0.25) is 0 Å². The van der Waals surface area contributed by atoms with Crippen LogP contribution in [0.15, 0.2) is 24.3 Å². The lowest BCUT2D eigenvalue weighted by Gasteiger charge is -2.32. The number of hydrogen-bond donors (Lipinski definition) is 1. The number of piperidine rings is 1. The van der Waals surface area contributed by atoms with E-state index in [0.717, 1.165) is 24.3 Å². The van der Waals surface area contributed by atoms with Crippen molar-refractivity contribution in [2.45, 2.75) is 32.2 Å². The average molecular weight is 344 g/mol. The lowest BCUT2D eigenvalue weighted by molar-refractivity contribution is -0.143. The molecule has 1 aliphatic rings. The quantitative estimate of drug-likeness (QED) is 0.906. The summed E-state index contributed by atoms with van der Waals surface area (Å²) in [6.45, 7) is 2.17. The Labute approximate surface area is 145 Å². The first-order valence-corrected chi connectivity index (χ1v) is 8.13. The van der Waals surface area contributed by atoms with Crippen LogP contribution in [0.25, 0.3) is 5.69 Å². The zero-order valence-corrected chi connectivity index (χ0v) is 14.2. The highest BCUT2D eigenvalue weighted by Crippen LogP contribution is 2.22. The number of benzene rings is 1. The number of likely N-dealkylation sites (tertiary alicyclic amines) is 1. The Morgan fingerprint density at radius 3 is 2.60 bits per heavy atom. The molecular formula is C17H20N4O4. The van der Waals surface area contributed by atoms with Gasteiger partial charge in [-0.05, 0) is 50.5 Å². The van der Waals surface area contributed by atoms with Crippen LogP contribution in [0.3, 0.4) is 0 Å². The van der Waals surface area contributed by atoms with Crippen LogP contribution in [-0.2, 0) is 4.79 Å². The van der Waals surface area contributed by atoms with Gasteiger partial charge in [-0.25, -0.2) is 9.48 Å². The van der Waals surface area contributed by atoms with Crippen molar-refractivity contribution in [3.8, 4) is 11.4 Å². The van der Waals surface area contributed by atoms with Gasteiger partial charge in [-0.3, -0.25) is 4.79 Å². The number of aromatic nitrogens is 3. The Morgan fingerprint density at radius 1 is 1.24 bits per heavy atom. The number of carboxylic acid groups (broad SMARTS) is 1. The second-order valence-electron chi connectivity index (χ2n) is 5.98. The molecule has 1 N–H and O–H groups in total. The largest absolute Gasteiger partial charge is 0.497 e. The summed E-state index contributed by atoms with van der Waals surface area (Å²) in [5.74, 6) is -0.645. The van der Waals surface area contributed by atoms with Crippen LogP contribution < -0.4 is 4.74 Å². The maximum atomic E-state index is 12.8. The SMILES string of the molecule is COc1ccc(-n2nnc(C(=O)N3CCCCC3C(=O)O)c2C)cc1. The molecule has 2 heterocycles. The van der Waals surface area contributed by atoms with Crippen molar-refractivity contribution in [1.82, 2.24) is 19.9 Å². The third-order valence-corrected chi connectivity index (χ3v) is 4.46. The lowest BCUT2D eigenvalue weighted by atomic mass is 10.0. The van der Waals surface area contributed by atoms with Gasteiger partial charge in [0, 0.05) is 6.54 Å². The van der Waals surface area contributed by atoms with Crippen molar-refractivity contribution in [1.29, 1.82) is 0 Å². The maximum absolute atomic E-state index is 12.8. The van der Waals surface area contributed by atoms with E-state index in [1.807, 2.05) is 12.1 Å². The second-order valence-corrected chi connectivity index (χ2v) is 5.98. The summed E-state index contributed by atoms with van der Waals surface area (Å²) >= 11 is 0. The smallest absolute Gasteiger partial charge is 0.326 e. The van der Waals surface area contributed by atoms with Crippen molar-refractivity contribution in [3.05, 3.63) is 35.7 Å². The topological polar surface area (TPSA) is 97.5 Å². The van der Waals surface area contributed by atoms with E-state index in [9.17, 15) is 14.7 Å². The standard InChI is InChI=1S/C17H20N4O4/c1-11-15(16(22)20-10-4-3-5-14(20)17(23)24)18-19-21(11)12-6-8-13(25-2)9-7-12/h6-9,14H,3-5,10H2,1-2H3,(H,23,24). The minimum absolute atomic E-state index is 0.184. The van der Waals surface area contributed by atoms with E-state index in [1.54, 1.807) is 30.8 Å². The molecule has 132 valence electrons. The molecule has 1 fully saturated rings. The molecule has 1 amide bonds. The zero-order valence-electron chi connectivity index (χ0n) is 14.2. The molecule has 8 nitrogen and oxygen atoms in total. The van der Waals surface area contributed by atoms with Crippen LogP contribution in [0.5, 0.6) is 5.75 Å². The summed E-state index contributed by atoms with van der Waals surface area (Å²) in [4.78, 5) is 25.6. The number of ether oxygens (including phenoxy) is 1. The lowest BCUT2D eigenvalue weighted by Crippen LogP contribution is -2.48. The molecule has 0 bridgehead atoms. The second kappa shape index (κ2) is 6.92.